The number of hydrogen-bond donors (Lipinski definition) is 0. The van der Waals surface area contributed by atoms with Crippen molar-refractivity contribution in [1.29, 1.82) is 0 Å². The number of hydrogen-bond acceptors (Lipinski definition) is 4. The van der Waals surface area contributed by atoms with Crippen LogP contribution in [0, 0.1) is 0 Å². The lowest BCUT2D eigenvalue weighted by molar-refractivity contribution is -0.146. The lowest BCUT2D eigenvalue weighted by Gasteiger charge is -2.25. The van der Waals surface area contributed by atoms with Crippen LogP contribution < -0.4 is 4.74 Å². The lowest BCUT2D eigenvalue weighted by atomic mass is 10.1. The first-order valence-electron chi connectivity index (χ1n) is 6.32. The number of carbonyl (C=O) groups excluding carboxylic acids is 1. The Bertz CT molecular complexity index is 458. The van der Waals surface area contributed by atoms with Gasteiger partial charge in [-0.3, -0.25) is 4.90 Å². The summed E-state index contributed by atoms with van der Waals surface area (Å²) in [7, 11) is 3.06. The van der Waals surface area contributed by atoms with Crippen molar-refractivity contribution in [3.8, 4) is 5.75 Å². The molecule has 0 spiro atoms. The van der Waals surface area contributed by atoms with Gasteiger partial charge in [-0.05, 0) is 59.6 Å². The van der Waals surface area contributed by atoms with Gasteiger partial charge in [0.05, 0.1) is 18.7 Å². The molecule has 1 aliphatic heterocycles. The Kier molecular flexibility index (Phi) is 4.82. The first-order valence-corrected chi connectivity index (χ1v) is 7.12. The number of rotatable bonds is 4. The largest absolute Gasteiger partial charge is 0.496 e. The van der Waals surface area contributed by atoms with Gasteiger partial charge >= 0.3 is 5.97 Å². The highest BCUT2D eigenvalue weighted by Gasteiger charge is 2.30. The van der Waals surface area contributed by atoms with Crippen LogP contribution in [-0.2, 0) is 9.53 Å². The second-order valence-corrected chi connectivity index (χ2v) is 5.42. The van der Waals surface area contributed by atoms with Gasteiger partial charge < -0.3 is 9.47 Å². The highest BCUT2D eigenvalue weighted by molar-refractivity contribution is 9.10. The lowest BCUT2D eigenvalue weighted by Crippen LogP contribution is -2.32. The molecule has 1 saturated heterocycles. The van der Waals surface area contributed by atoms with E-state index in [0.717, 1.165) is 41.7 Å². The van der Waals surface area contributed by atoms with E-state index in [1.54, 1.807) is 7.11 Å². The van der Waals surface area contributed by atoms with Crippen LogP contribution >= 0.6 is 15.9 Å². The maximum absolute atomic E-state index is 12.1. The number of carbonyl (C=O) groups is 1. The Morgan fingerprint density at radius 3 is 2.53 bits per heavy atom. The Morgan fingerprint density at radius 1 is 1.32 bits per heavy atom. The van der Waals surface area contributed by atoms with E-state index >= 15 is 0 Å². The van der Waals surface area contributed by atoms with Gasteiger partial charge in [-0.2, -0.15) is 0 Å². The van der Waals surface area contributed by atoms with Crippen molar-refractivity contribution in [3.05, 3.63) is 28.2 Å². The summed E-state index contributed by atoms with van der Waals surface area (Å²) in [5.74, 6) is 0.549. The molecule has 1 aromatic carbocycles. The van der Waals surface area contributed by atoms with E-state index in [1.165, 1.54) is 7.11 Å². The SMILES string of the molecule is COC(=O)C(c1ccc(OC)c(Br)c1)N1CCCC1. The number of methoxy groups -OCH3 is 2. The molecule has 1 atom stereocenters. The van der Waals surface area contributed by atoms with Crippen LogP contribution in [0.4, 0.5) is 0 Å². The molecule has 5 heteroatoms. The van der Waals surface area contributed by atoms with Crippen LogP contribution in [0.3, 0.4) is 0 Å². The van der Waals surface area contributed by atoms with Crippen LogP contribution in [0.2, 0.25) is 0 Å². The standard InChI is InChI=1S/C14H18BrNO3/c1-18-12-6-5-10(9-11(12)15)13(14(17)19-2)16-7-3-4-8-16/h5-6,9,13H,3-4,7-8H2,1-2H3. The molecule has 2 rings (SSSR count). The number of halogens is 1. The number of esters is 1. The van der Waals surface area contributed by atoms with Crippen LogP contribution in [0.1, 0.15) is 24.4 Å². The van der Waals surface area contributed by atoms with Gasteiger partial charge in [0.15, 0.2) is 0 Å². The maximum atomic E-state index is 12.1. The maximum Gasteiger partial charge on any atom is 0.327 e. The third-order valence-electron chi connectivity index (χ3n) is 3.42. The van der Waals surface area contributed by atoms with E-state index in [9.17, 15) is 4.79 Å². The summed E-state index contributed by atoms with van der Waals surface area (Å²) >= 11 is 3.46. The summed E-state index contributed by atoms with van der Waals surface area (Å²) in [6, 6.07) is 5.39. The van der Waals surface area contributed by atoms with Gasteiger partial charge in [0, 0.05) is 0 Å². The zero-order valence-electron chi connectivity index (χ0n) is 11.2. The molecule has 0 saturated carbocycles. The summed E-state index contributed by atoms with van der Waals surface area (Å²) in [5, 5.41) is 0. The average molecular weight is 328 g/mol. The number of nitrogens with zero attached hydrogens (tertiary/aromatic N) is 1. The molecular weight excluding hydrogens is 310 g/mol. The van der Waals surface area contributed by atoms with Crippen molar-refractivity contribution in [2.45, 2.75) is 18.9 Å². The zero-order valence-corrected chi connectivity index (χ0v) is 12.8. The smallest absolute Gasteiger partial charge is 0.327 e. The molecule has 0 aliphatic carbocycles. The van der Waals surface area contributed by atoms with Gasteiger partial charge in [0.25, 0.3) is 0 Å². The second-order valence-electron chi connectivity index (χ2n) is 4.56. The molecule has 104 valence electrons. The predicted octanol–water partition coefficient (Wildman–Crippen LogP) is 2.77. The molecular formula is C14H18BrNO3. The summed E-state index contributed by atoms with van der Waals surface area (Å²) in [6.07, 6.45) is 2.26. The van der Waals surface area contributed by atoms with Crippen molar-refractivity contribution >= 4 is 21.9 Å². The Labute approximate surface area is 121 Å². The molecule has 0 aromatic heterocycles. The van der Waals surface area contributed by atoms with Gasteiger partial charge in [-0.15, -0.1) is 0 Å². The van der Waals surface area contributed by atoms with Gasteiger partial charge in [-0.25, -0.2) is 4.79 Å². The molecule has 19 heavy (non-hydrogen) atoms. The van der Waals surface area contributed by atoms with Crippen molar-refractivity contribution in [3.63, 3.8) is 0 Å². The van der Waals surface area contributed by atoms with E-state index in [1.807, 2.05) is 18.2 Å². The predicted molar refractivity (Wildman–Crippen MR) is 76.3 cm³/mol. The highest BCUT2D eigenvalue weighted by Crippen LogP contribution is 2.32. The van der Waals surface area contributed by atoms with E-state index in [2.05, 4.69) is 20.8 Å². The van der Waals surface area contributed by atoms with Gasteiger partial charge in [0.2, 0.25) is 0 Å². The summed E-state index contributed by atoms with van der Waals surface area (Å²) in [5.41, 5.74) is 0.932. The van der Waals surface area contributed by atoms with Crippen molar-refractivity contribution < 1.29 is 14.3 Å². The minimum atomic E-state index is -0.324. The van der Waals surface area contributed by atoms with Crippen LogP contribution in [0.15, 0.2) is 22.7 Å². The topological polar surface area (TPSA) is 38.8 Å². The fourth-order valence-corrected chi connectivity index (χ4v) is 3.02. The van der Waals surface area contributed by atoms with Gasteiger partial charge in [0.1, 0.15) is 11.8 Å². The Balaban J connectivity index is 2.31. The summed E-state index contributed by atoms with van der Waals surface area (Å²) in [4.78, 5) is 14.2. The third-order valence-corrected chi connectivity index (χ3v) is 4.04. The highest BCUT2D eigenvalue weighted by atomic mass is 79.9. The molecule has 0 N–H and O–H groups in total. The number of benzene rings is 1. The quantitative estimate of drug-likeness (QED) is 0.797. The second kappa shape index (κ2) is 6.39. The van der Waals surface area contributed by atoms with E-state index in [0.29, 0.717) is 0 Å². The van der Waals surface area contributed by atoms with Crippen LogP contribution in [-0.4, -0.2) is 38.2 Å². The van der Waals surface area contributed by atoms with E-state index in [4.69, 9.17) is 9.47 Å². The van der Waals surface area contributed by atoms with Crippen LogP contribution in [0.5, 0.6) is 5.75 Å². The average Bonchev–Trinajstić information content (AvgIpc) is 2.93. The molecule has 0 radical (unpaired) electrons. The third kappa shape index (κ3) is 3.09. The fourth-order valence-electron chi connectivity index (χ4n) is 2.46. The fraction of sp³-hybridized carbons (Fsp3) is 0.500. The zero-order chi connectivity index (χ0) is 13.8. The molecule has 1 aromatic rings. The molecule has 1 fully saturated rings. The minimum Gasteiger partial charge on any atom is -0.496 e. The van der Waals surface area contributed by atoms with Gasteiger partial charge in [-0.1, -0.05) is 6.07 Å². The van der Waals surface area contributed by atoms with Crippen molar-refractivity contribution in [2.24, 2.45) is 0 Å². The molecule has 1 unspecified atom stereocenters. The summed E-state index contributed by atoms with van der Waals surface area (Å²) < 4.78 is 11.0. The molecule has 4 nitrogen and oxygen atoms in total. The van der Waals surface area contributed by atoms with Crippen molar-refractivity contribution in [2.75, 3.05) is 27.3 Å². The molecule has 1 heterocycles. The molecule has 1 aliphatic rings. The number of likely N-dealkylation sites (tertiary alicyclic amines) is 1. The monoisotopic (exact) mass is 327 g/mol. The van der Waals surface area contributed by atoms with Crippen molar-refractivity contribution in [1.82, 2.24) is 4.90 Å². The van der Waals surface area contributed by atoms with Crippen LogP contribution in [0.25, 0.3) is 0 Å². The van der Waals surface area contributed by atoms with E-state index < -0.39 is 0 Å². The molecule has 0 amide bonds. The first kappa shape index (κ1) is 14.3. The number of ether oxygens (including phenoxy) is 2. The molecule has 0 bridgehead atoms. The first-order chi connectivity index (χ1) is 9.17. The Hall–Kier alpha value is -1.07. The normalized spacial score (nSPS) is 17.2. The summed E-state index contributed by atoms with van der Waals surface area (Å²) in [6.45, 7) is 1.87. The minimum absolute atomic E-state index is 0.209. The van der Waals surface area contributed by atoms with E-state index in [-0.39, 0.29) is 12.0 Å². The Morgan fingerprint density at radius 2 is 2.00 bits per heavy atom.